The molecule has 2 fully saturated rings. The number of nitrogens with zero attached hydrogens (tertiary/aromatic N) is 1. The van der Waals surface area contributed by atoms with Crippen LogP contribution in [0.25, 0.3) is 0 Å². The summed E-state index contributed by atoms with van der Waals surface area (Å²) >= 11 is 0. The van der Waals surface area contributed by atoms with Crippen molar-refractivity contribution in [1.29, 1.82) is 0 Å². The molecule has 0 radical (unpaired) electrons. The summed E-state index contributed by atoms with van der Waals surface area (Å²) in [5.74, 6) is 0.0251. The fourth-order valence-electron chi connectivity index (χ4n) is 4.28. The van der Waals surface area contributed by atoms with Gasteiger partial charge in [0.15, 0.2) is 0 Å². The first-order chi connectivity index (χ1) is 12.0. The number of ether oxygens (including phenoxy) is 1. The highest BCUT2D eigenvalue weighted by Crippen LogP contribution is 2.51. The second-order valence-electron chi connectivity index (χ2n) is 7.50. The Morgan fingerprint density at radius 3 is 2.76 bits per heavy atom. The van der Waals surface area contributed by atoms with Crippen LogP contribution in [0.2, 0.25) is 0 Å². The van der Waals surface area contributed by atoms with Crippen molar-refractivity contribution in [2.24, 2.45) is 5.41 Å². The Morgan fingerprint density at radius 1 is 1.44 bits per heavy atom. The van der Waals surface area contributed by atoms with E-state index in [9.17, 15) is 9.90 Å². The van der Waals surface area contributed by atoms with Gasteiger partial charge in [-0.1, -0.05) is 12.1 Å². The molecule has 1 aliphatic heterocycles. The molecule has 0 aromatic heterocycles. The molecule has 5 heteroatoms. The smallest absolute Gasteiger partial charge is 0.241 e. The van der Waals surface area contributed by atoms with Crippen molar-refractivity contribution in [2.75, 3.05) is 25.0 Å². The molecule has 25 heavy (non-hydrogen) atoms. The number of hydrogen-bond acceptors (Lipinski definition) is 4. The van der Waals surface area contributed by atoms with Crippen molar-refractivity contribution in [2.45, 2.75) is 58.3 Å². The number of nitrogens with one attached hydrogen (secondary N) is 1. The first kappa shape index (κ1) is 18.4. The van der Waals surface area contributed by atoms with E-state index < -0.39 is 0 Å². The highest BCUT2D eigenvalue weighted by molar-refractivity contribution is 5.94. The van der Waals surface area contributed by atoms with Gasteiger partial charge in [-0.05, 0) is 64.4 Å². The van der Waals surface area contributed by atoms with Gasteiger partial charge in [-0.3, -0.25) is 9.69 Å². The number of amides is 1. The van der Waals surface area contributed by atoms with Crippen LogP contribution in [-0.2, 0) is 9.53 Å². The van der Waals surface area contributed by atoms with Crippen LogP contribution < -0.4 is 5.32 Å². The van der Waals surface area contributed by atoms with Gasteiger partial charge < -0.3 is 15.2 Å². The fraction of sp³-hybridized carbons (Fsp3) is 0.650. The Labute approximate surface area is 150 Å². The summed E-state index contributed by atoms with van der Waals surface area (Å²) < 4.78 is 5.82. The molecule has 3 rings (SSSR count). The van der Waals surface area contributed by atoms with E-state index in [0.29, 0.717) is 6.61 Å². The predicted molar refractivity (Wildman–Crippen MR) is 98.5 cm³/mol. The molecule has 1 aliphatic carbocycles. The number of hydrogen-bond donors (Lipinski definition) is 2. The second-order valence-corrected chi connectivity index (χ2v) is 7.50. The highest BCUT2D eigenvalue weighted by Gasteiger charge is 2.56. The number of carbonyl (C=O) groups is 1. The number of rotatable bonds is 5. The van der Waals surface area contributed by atoms with E-state index in [1.807, 2.05) is 45.0 Å². The summed E-state index contributed by atoms with van der Waals surface area (Å²) in [5.41, 5.74) is 1.88. The number of anilines is 1. The van der Waals surface area contributed by atoms with E-state index in [1.165, 1.54) is 0 Å². The van der Waals surface area contributed by atoms with Crippen LogP contribution in [0.5, 0.6) is 0 Å². The minimum absolute atomic E-state index is 0.0251. The number of carbonyl (C=O) groups excluding carboxylic acids is 1. The lowest BCUT2D eigenvalue weighted by atomic mass is 9.58. The molecule has 1 amide bonds. The van der Waals surface area contributed by atoms with Gasteiger partial charge in [-0.2, -0.15) is 0 Å². The van der Waals surface area contributed by atoms with Crippen LogP contribution in [0.3, 0.4) is 0 Å². The molecule has 2 aliphatic rings. The van der Waals surface area contributed by atoms with Gasteiger partial charge in [0.25, 0.3) is 0 Å². The molecule has 3 unspecified atom stereocenters. The quantitative estimate of drug-likeness (QED) is 0.860. The zero-order valence-corrected chi connectivity index (χ0v) is 15.5. The summed E-state index contributed by atoms with van der Waals surface area (Å²) in [5, 5.41) is 13.3. The Hall–Kier alpha value is -1.43. The molecule has 2 N–H and O–H groups in total. The summed E-state index contributed by atoms with van der Waals surface area (Å²) in [6.45, 7) is 8.32. The van der Waals surface area contributed by atoms with Crippen LogP contribution >= 0.6 is 0 Å². The van der Waals surface area contributed by atoms with Gasteiger partial charge in [-0.15, -0.1) is 0 Å². The van der Waals surface area contributed by atoms with Gasteiger partial charge in [0.1, 0.15) is 0 Å². The van der Waals surface area contributed by atoms with Crippen molar-refractivity contribution in [3.05, 3.63) is 29.8 Å². The Balaban J connectivity index is 1.56. The molecular formula is C20H30N2O3. The predicted octanol–water partition coefficient (Wildman–Crippen LogP) is 2.57. The van der Waals surface area contributed by atoms with Gasteiger partial charge >= 0.3 is 0 Å². The third kappa shape index (κ3) is 3.59. The van der Waals surface area contributed by atoms with E-state index in [2.05, 4.69) is 10.2 Å². The standard InChI is InChI=1S/C20H30N2O3/c1-4-25-18-13-17(23)20(18)8-10-22(11-9-20)15(3)19(24)21-16-7-5-6-14(2)12-16/h5-7,12,15,17-18,23H,4,8-11,13H2,1-3H3,(H,21,24). The number of benzene rings is 1. The Bertz CT molecular complexity index is 609. The van der Waals surface area contributed by atoms with E-state index in [0.717, 1.165) is 43.6 Å². The minimum atomic E-state index is -0.261. The molecule has 1 saturated heterocycles. The average molecular weight is 346 g/mol. The molecule has 1 saturated carbocycles. The van der Waals surface area contributed by atoms with E-state index in [4.69, 9.17) is 4.74 Å². The first-order valence-electron chi connectivity index (χ1n) is 9.37. The largest absolute Gasteiger partial charge is 0.392 e. The first-order valence-corrected chi connectivity index (χ1v) is 9.37. The van der Waals surface area contributed by atoms with Gasteiger partial charge in [-0.25, -0.2) is 0 Å². The number of aliphatic hydroxyl groups is 1. The molecule has 1 spiro atoms. The third-order valence-electron chi connectivity index (χ3n) is 6.05. The second kappa shape index (κ2) is 7.44. The summed E-state index contributed by atoms with van der Waals surface area (Å²) in [6, 6.07) is 7.68. The zero-order valence-electron chi connectivity index (χ0n) is 15.5. The van der Waals surface area contributed by atoms with Crippen molar-refractivity contribution in [1.82, 2.24) is 4.90 Å². The van der Waals surface area contributed by atoms with Crippen LogP contribution in [0, 0.1) is 12.3 Å². The molecule has 1 heterocycles. The van der Waals surface area contributed by atoms with E-state index >= 15 is 0 Å². The Kier molecular flexibility index (Phi) is 5.46. The molecule has 1 aromatic rings. The lowest BCUT2D eigenvalue weighted by Crippen LogP contribution is -2.63. The average Bonchev–Trinajstić information content (AvgIpc) is 2.61. The number of likely N-dealkylation sites (tertiary alicyclic amines) is 1. The SMILES string of the molecule is CCOC1CC(O)C12CCN(C(C)C(=O)Nc1cccc(C)c1)CC2. The monoisotopic (exact) mass is 346 g/mol. The molecule has 0 bridgehead atoms. The maximum atomic E-state index is 12.6. The van der Waals surface area contributed by atoms with E-state index in [-0.39, 0.29) is 29.6 Å². The zero-order chi connectivity index (χ0) is 18.0. The number of aliphatic hydroxyl groups excluding tert-OH is 1. The Morgan fingerprint density at radius 2 is 2.16 bits per heavy atom. The molecule has 138 valence electrons. The van der Waals surface area contributed by atoms with E-state index in [1.54, 1.807) is 0 Å². The summed E-state index contributed by atoms with van der Waals surface area (Å²) in [7, 11) is 0. The van der Waals surface area contributed by atoms with Gasteiger partial charge in [0.2, 0.25) is 5.91 Å². The van der Waals surface area contributed by atoms with Crippen molar-refractivity contribution in [3.8, 4) is 0 Å². The molecule has 1 aromatic carbocycles. The van der Waals surface area contributed by atoms with Gasteiger partial charge in [0, 0.05) is 24.1 Å². The van der Waals surface area contributed by atoms with Crippen LogP contribution in [0.1, 0.15) is 38.7 Å². The fourth-order valence-corrected chi connectivity index (χ4v) is 4.28. The summed E-state index contributed by atoms with van der Waals surface area (Å²) in [4.78, 5) is 14.8. The summed E-state index contributed by atoms with van der Waals surface area (Å²) in [6.07, 6.45) is 2.44. The van der Waals surface area contributed by atoms with Crippen LogP contribution in [0.15, 0.2) is 24.3 Å². The third-order valence-corrected chi connectivity index (χ3v) is 6.05. The topological polar surface area (TPSA) is 61.8 Å². The normalized spacial score (nSPS) is 26.9. The van der Waals surface area contributed by atoms with Crippen molar-refractivity contribution >= 4 is 11.6 Å². The van der Waals surface area contributed by atoms with Crippen molar-refractivity contribution < 1.29 is 14.6 Å². The van der Waals surface area contributed by atoms with Gasteiger partial charge in [0.05, 0.1) is 18.2 Å². The number of aryl methyl sites for hydroxylation is 1. The lowest BCUT2D eigenvalue weighted by Gasteiger charge is -2.57. The number of piperidine rings is 1. The van der Waals surface area contributed by atoms with Crippen LogP contribution in [0.4, 0.5) is 5.69 Å². The molecule has 5 nitrogen and oxygen atoms in total. The maximum Gasteiger partial charge on any atom is 0.241 e. The highest BCUT2D eigenvalue weighted by atomic mass is 16.5. The van der Waals surface area contributed by atoms with Crippen molar-refractivity contribution in [3.63, 3.8) is 0 Å². The van der Waals surface area contributed by atoms with Crippen LogP contribution in [-0.4, -0.2) is 53.9 Å². The molecule has 3 atom stereocenters. The minimum Gasteiger partial charge on any atom is -0.392 e. The maximum absolute atomic E-state index is 12.6. The lowest BCUT2D eigenvalue weighted by molar-refractivity contribution is -0.210. The molecular weight excluding hydrogens is 316 g/mol.